The molecule has 0 bridgehead atoms. The van der Waals surface area contributed by atoms with Gasteiger partial charge in [-0.1, -0.05) is 12.2 Å². The Morgan fingerprint density at radius 1 is 1.50 bits per heavy atom. The summed E-state index contributed by atoms with van der Waals surface area (Å²) in [6.07, 6.45) is 0. The van der Waals surface area contributed by atoms with Gasteiger partial charge in [0.1, 0.15) is 17.2 Å². The minimum atomic E-state index is -0.338. The minimum Gasteiger partial charge on any atom is -0.459 e. The van der Waals surface area contributed by atoms with E-state index >= 15 is 0 Å². The molecule has 2 aromatic rings. The minimum absolute atomic E-state index is 0.271. The van der Waals surface area contributed by atoms with Gasteiger partial charge in [-0.2, -0.15) is 0 Å². The van der Waals surface area contributed by atoms with E-state index in [0.717, 1.165) is 16.5 Å². The third kappa shape index (κ3) is 1.63. The highest BCUT2D eigenvalue weighted by atomic mass is 19.1. The van der Waals surface area contributed by atoms with Crippen molar-refractivity contribution >= 4 is 11.0 Å². The van der Waals surface area contributed by atoms with Crippen molar-refractivity contribution in [2.24, 2.45) is 5.73 Å². The normalized spacial score (nSPS) is 13.0. The summed E-state index contributed by atoms with van der Waals surface area (Å²) < 4.78 is 18.7. The molecule has 2 rings (SSSR count). The maximum absolute atomic E-state index is 13.1. The largest absolute Gasteiger partial charge is 0.459 e. The third-order valence-electron chi connectivity index (χ3n) is 2.75. The summed E-state index contributed by atoms with van der Waals surface area (Å²) in [5.74, 6) is 0.389. The van der Waals surface area contributed by atoms with Crippen LogP contribution in [0.25, 0.3) is 11.0 Å². The van der Waals surface area contributed by atoms with Crippen LogP contribution in [0.3, 0.4) is 0 Å². The fraction of sp³-hybridized carbons (Fsp3) is 0.231. The van der Waals surface area contributed by atoms with E-state index in [1.165, 1.54) is 12.1 Å². The first-order valence-electron chi connectivity index (χ1n) is 5.10. The number of halogens is 1. The van der Waals surface area contributed by atoms with E-state index < -0.39 is 0 Å². The predicted octanol–water partition coefficient (Wildman–Crippen LogP) is 3.46. The van der Waals surface area contributed by atoms with Gasteiger partial charge in [-0.15, -0.1) is 0 Å². The van der Waals surface area contributed by atoms with Gasteiger partial charge in [0.25, 0.3) is 0 Å². The first-order valence-corrected chi connectivity index (χ1v) is 5.10. The molecule has 0 spiro atoms. The maximum Gasteiger partial charge on any atom is 0.134 e. The van der Waals surface area contributed by atoms with E-state index in [1.807, 2.05) is 13.8 Å². The average molecular weight is 219 g/mol. The van der Waals surface area contributed by atoms with Gasteiger partial charge in [0.2, 0.25) is 0 Å². The lowest BCUT2D eigenvalue weighted by molar-refractivity contribution is 0.518. The van der Waals surface area contributed by atoms with Gasteiger partial charge in [-0.3, -0.25) is 0 Å². The number of benzene rings is 1. The predicted molar refractivity (Wildman–Crippen MR) is 62.7 cm³/mol. The quantitative estimate of drug-likeness (QED) is 0.785. The van der Waals surface area contributed by atoms with E-state index in [4.69, 9.17) is 10.2 Å². The van der Waals surface area contributed by atoms with Gasteiger partial charge < -0.3 is 10.2 Å². The van der Waals surface area contributed by atoms with E-state index in [0.29, 0.717) is 11.3 Å². The van der Waals surface area contributed by atoms with Gasteiger partial charge in [0, 0.05) is 10.9 Å². The molecular weight excluding hydrogens is 205 g/mol. The van der Waals surface area contributed by atoms with Gasteiger partial charge in [0.05, 0.1) is 6.04 Å². The fourth-order valence-corrected chi connectivity index (χ4v) is 1.73. The molecule has 0 fully saturated rings. The zero-order chi connectivity index (χ0) is 11.9. The van der Waals surface area contributed by atoms with E-state index in [2.05, 4.69) is 6.58 Å². The first kappa shape index (κ1) is 10.9. The Bertz CT molecular complexity index is 556. The molecular formula is C13H14FNO. The summed E-state index contributed by atoms with van der Waals surface area (Å²) in [5, 5.41) is 0.770. The van der Waals surface area contributed by atoms with Crippen molar-refractivity contribution in [2.75, 3.05) is 0 Å². The smallest absolute Gasteiger partial charge is 0.134 e. The summed E-state index contributed by atoms with van der Waals surface area (Å²) in [6, 6.07) is 4.12. The van der Waals surface area contributed by atoms with Crippen molar-refractivity contribution in [3.63, 3.8) is 0 Å². The number of furan rings is 1. The van der Waals surface area contributed by atoms with Crippen LogP contribution in [0.2, 0.25) is 0 Å². The van der Waals surface area contributed by atoms with Crippen LogP contribution in [0.15, 0.2) is 34.8 Å². The molecule has 0 amide bonds. The summed E-state index contributed by atoms with van der Waals surface area (Å²) in [7, 11) is 0. The van der Waals surface area contributed by atoms with Gasteiger partial charge in [-0.25, -0.2) is 4.39 Å². The summed E-state index contributed by atoms with van der Waals surface area (Å²) >= 11 is 0. The summed E-state index contributed by atoms with van der Waals surface area (Å²) in [6.45, 7) is 7.52. The molecule has 1 aromatic heterocycles. The van der Waals surface area contributed by atoms with Crippen LogP contribution in [0.1, 0.15) is 24.3 Å². The Morgan fingerprint density at radius 2 is 2.19 bits per heavy atom. The van der Waals surface area contributed by atoms with Crippen molar-refractivity contribution in [3.8, 4) is 0 Å². The van der Waals surface area contributed by atoms with Crippen molar-refractivity contribution in [1.29, 1.82) is 0 Å². The molecule has 0 saturated carbocycles. The number of hydrogen-bond acceptors (Lipinski definition) is 2. The van der Waals surface area contributed by atoms with E-state index in [1.54, 1.807) is 6.07 Å². The van der Waals surface area contributed by atoms with Crippen molar-refractivity contribution in [1.82, 2.24) is 0 Å². The lowest BCUT2D eigenvalue weighted by Gasteiger charge is -2.08. The Hall–Kier alpha value is -1.61. The Labute approximate surface area is 93.5 Å². The molecule has 1 aromatic carbocycles. The van der Waals surface area contributed by atoms with Gasteiger partial charge in [0.15, 0.2) is 0 Å². The number of fused-ring (bicyclic) bond motifs is 1. The standard InChI is InChI=1S/C13H14FNO/c1-7(2)12(15)13-8(3)10-6-9(14)4-5-11(10)16-13/h4-6,12H,1,15H2,2-3H3. The first-order chi connectivity index (χ1) is 7.50. The van der Waals surface area contributed by atoms with Crippen LogP contribution in [-0.4, -0.2) is 0 Å². The van der Waals surface area contributed by atoms with Crippen molar-refractivity contribution < 1.29 is 8.81 Å². The monoisotopic (exact) mass is 219 g/mol. The molecule has 2 N–H and O–H groups in total. The molecule has 16 heavy (non-hydrogen) atoms. The van der Waals surface area contributed by atoms with E-state index in [-0.39, 0.29) is 11.9 Å². The third-order valence-corrected chi connectivity index (χ3v) is 2.75. The highest BCUT2D eigenvalue weighted by molar-refractivity contribution is 5.82. The highest BCUT2D eigenvalue weighted by Crippen LogP contribution is 2.31. The Balaban J connectivity index is 2.64. The number of hydrogen-bond donors (Lipinski definition) is 1. The van der Waals surface area contributed by atoms with E-state index in [9.17, 15) is 4.39 Å². The molecule has 1 heterocycles. The number of rotatable bonds is 2. The van der Waals surface area contributed by atoms with Crippen molar-refractivity contribution in [2.45, 2.75) is 19.9 Å². The number of nitrogens with two attached hydrogens (primary N) is 1. The molecule has 1 atom stereocenters. The average Bonchev–Trinajstić information content (AvgIpc) is 2.55. The maximum atomic E-state index is 13.1. The molecule has 2 nitrogen and oxygen atoms in total. The van der Waals surface area contributed by atoms with Crippen LogP contribution in [0.4, 0.5) is 4.39 Å². The molecule has 3 heteroatoms. The second-order valence-electron chi connectivity index (χ2n) is 4.06. The molecule has 0 aliphatic carbocycles. The lowest BCUT2D eigenvalue weighted by Crippen LogP contribution is -2.10. The van der Waals surface area contributed by atoms with Crippen LogP contribution >= 0.6 is 0 Å². The topological polar surface area (TPSA) is 39.2 Å². The molecule has 0 aliphatic rings. The number of aryl methyl sites for hydroxylation is 1. The molecule has 84 valence electrons. The molecule has 0 aliphatic heterocycles. The van der Waals surface area contributed by atoms with Gasteiger partial charge in [-0.05, 0) is 32.0 Å². The zero-order valence-electron chi connectivity index (χ0n) is 9.38. The van der Waals surface area contributed by atoms with Crippen LogP contribution < -0.4 is 5.73 Å². The van der Waals surface area contributed by atoms with Crippen LogP contribution in [-0.2, 0) is 0 Å². The zero-order valence-corrected chi connectivity index (χ0v) is 9.38. The second-order valence-corrected chi connectivity index (χ2v) is 4.06. The van der Waals surface area contributed by atoms with Crippen LogP contribution in [0.5, 0.6) is 0 Å². The summed E-state index contributed by atoms with van der Waals surface area (Å²) in [5.41, 5.74) is 8.31. The molecule has 1 unspecified atom stereocenters. The van der Waals surface area contributed by atoms with Crippen molar-refractivity contribution in [3.05, 3.63) is 47.5 Å². The SMILES string of the molecule is C=C(C)C(N)c1oc2ccc(F)cc2c1C. The fourth-order valence-electron chi connectivity index (χ4n) is 1.73. The van der Waals surface area contributed by atoms with Gasteiger partial charge >= 0.3 is 0 Å². The molecule has 0 radical (unpaired) electrons. The van der Waals surface area contributed by atoms with Crippen LogP contribution in [0, 0.1) is 12.7 Å². The highest BCUT2D eigenvalue weighted by Gasteiger charge is 2.17. The lowest BCUT2D eigenvalue weighted by atomic mass is 10.0. The summed E-state index contributed by atoms with van der Waals surface area (Å²) in [4.78, 5) is 0. The Kier molecular flexibility index (Phi) is 2.56. The Morgan fingerprint density at radius 3 is 2.81 bits per heavy atom. The molecule has 0 saturated heterocycles. The second kappa shape index (κ2) is 3.76.